The highest BCUT2D eigenvalue weighted by molar-refractivity contribution is 6.32. The molecule has 0 unspecified atom stereocenters. The molecule has 4 rings (SSSR count). The van der Waals surface area contributed by atoms with Crippen molar-refractivity contribution < 1.29 is 28.7 Å². The summed E-state index contributed by atoms with van der Waals surface area (Å²) in [6.45, 7) is 2.80. The summed E-state index contributed by atoms with van der Waals surface area (Å²) in [5, 5.41) is 8.78. The number of fused-ring (bicyclic) bond motifs is 1. The zero-order valence-corrected chi connectivity index (χ0v) is 23.3. The van der Waals surface area contributed by atoms with E-state index in [1.165, 1.54) is 18.9 Å². The monoisotopic (exact) mass is 569 g/mol. The maximum atomic E-state index is 14.0. The van der Waals surface area contributed by atoms with Crippen LogP contribution in [-0.2, 0) is 25.5 Å². The van der Waals surface area contributed by atoms with Gasteiger partial charge in [0.25, 0.3) is 11.8 Å². The second-order valence-corrected chi connectivity index (χ2v) is 10.7. The number of carbonyl (C=O) groups excluding carboxylic acids is 4. The molecule has 1 fully saturated rings. The van der Waals surface area contributed by atoms with E-state index in [0.29, 0.717) is 23.6 Å². The average Bonchev–Trinajstić information content (AvgIpc) is 3.15. The second kappa shape index (κ2) is 11.5. The number of rotatable bonds is 9. The molecule has 2 atom stereocenters. The third-order valence-electron chi connectivity index (χ3n) is 7.01. The fourth-order valence-electron chi connectivity index (χ4n) is 4.98. The van der Waals surface area contributed by atoms with Crippen LogP contribution in [0.5, 0.6) is 5.75 Å². The van der Waals surface area contributed by atoms with Crippen molar-refractivity contribution in [2.24, 2.45) is 16.3 Å². The van der Waals surface area contributed by atoms with Crippen LogP contribution >= 0.6 is 11.6 Å². The maximum Gasteiger partial charge on any atom is 0.405 e. The van der Waals surface area contributed by atoms with E-state index in [0.717, 1.165) is 11.3 Å². The van der Waals surface area contributed by atoms with Crippen molar-refractivity contribution in [1.82, 2.24) is 15.2 Å². The van der Waals surface area contributed by atoms with Crippen molar-refractivity contribution in [2.75, 3.05) is 26.7 Å². The Morgan fingerprint density at radius 3 is 2.50 bits per heavy atom. The lowest BCUT2D eigenvalue weighted by molar-refractivity contribution is -0.145. The molecule has 40 heavy (non-hydrogen) atoms. The average molecular weight is 570 g/mol. The van der Waals surface area contributed by atoms with Gasteiger partial charge in [0.2, 0.25) is 5.91 Å². The van der Waals surface area contributed by atoms with Gasteiger partial charge < -0.3 is 25.4 Å². The van der Waals surface area contributed by atoms with Gasteiger partial charge in [-0.15, -0.1) is 0 Å². The minimum Gasteiger partial charge on any atom is -0.489 e. The first-order valence-electron chi connectivity index (χ1n) is 12.8. The fraction of sp³-hybridized carbons (Fsp3) is 0.393. The number of hydrazone groups is 1. The van der Waals surface area contributed by atoms with Crippen molar-refractivity contribution in [3.63, 3.8) is 0 Å². The van der Waals surface area contributed by atoms with Gasteiger partial charge in [-0.25, -0.2) is 9.80 Å². The van der Waals surface area contributed by atoms with E-state index in [4.69, 9.17) is 26.8 Å². The SMILES string of the molecule is CN1N=C2CCN(C(=O)[C@@H](COc3ccccc3Cl)NC(=O)C(C)(C)OC(N)=O)C[C@@]2(Cc2ccccc2)C1=O. The van der Waals surface area contributed by atoms with Crippen LogP contribution in [0.3, 0.4) is 0 Å². The van der Waals surface area contributed by atoms with Crippen molar-refractivity contribution >= 4 is 41.1 Å². The normalized spacial score (nSPS) is 19.4. The summed E-state index contributed by atoms with van der Waals surface area (Å²) in [6, 6.07) is 15.1. The van der Waals surface area contributed by atoms with Crippen LogP contribution in [0.4, 0.5) is 4.79 Å². The largest absolute Gasteiger partial charge is 0.489 e. The molecule has 0 saturated carbocycles. The van der Waals surface area contributed by atoms with E-state index in [2.05, 4.69) is 10.4 Å². The number of hydrogen-bond donors (Lipinski definition) is 2. The molecule has 11 nitrogen and oxygen atoms in total. The number of benzene rings is 2. The molecule has 212 valence electrons. The van der Waals surface area contributed by atoms with E-state index in [1.807, 2.05) is 30.3 Å². The third kappa shape index (κ3) is 6.04. The highest BCUT2D eigenvalue weighted by Gasteiger charge is 2.54. The Bertz CT molecular complexity index is 1330. The molecule has 1 saturated heterocycles. The number of primary amides is 1. The molecule has 2 aliphatic rings. The number of para-hydroxylation sites is 1. The van der Waals surface area contributed by atoms with Crippen LogP contribution in [0.2, 0.25) is 5.02 Å². The number of nitrogens with one attached hydrogen (secondary N) is 1. The smallest absolute Gasteiger partial charge is 0.405 e. The molecular formula is C28H32ClN5O6. The zero-order valence-electron chi connectivity index (χ0n) is 22.6. The molecule has 4 amide bonds. The number of ether oxygens (including phenoxy) is 2. The molecule has 2 aliphatic heterocycles. The Labute approximate surface area is 237 Å². The maximum absolute atomic E-state index is 14.0. The summed E-state index contributed by atoms with van der Waals surface area (Å²) in [5.41, 5.74) is 4.09. The summed E-state index contributed by atoms with van der Waals surface area (Å²) >= 11 is 6.22. The van der Waals surface area contributed by atoms with Gasteiger partial charge in [-0.05, 0) is 38.0 Å². The number of carbonyl (C=O) groups is 4. The summed E-state index contributed by atoms with van der Waals surface area (Å²) in [5.74, 6) is -1.09. The van der Waals surface area contributed by atoms with Gasteiger partial charge in [0.15, 0.2) is 5.60 Å². The highest BCUT2D eigenvalue weighted by Crippen LogP contribution is 2.38. The Hall–Kier alpha value is -4.12. The minimum atomic E-state index is -1.66. The molecular weight excluding hydrogens is 538 g/mol. The van der Waals surface area contributed by atoms with Gasteiger partial charge in [-0.3, -0.25) is 14.4 Å². The number of amides is 4. The fourth-order valence-corrected chi connectivity index (χ4v) is 5.17. The zero-order chi connectivity index (χ0) is 29.1. The van der Waals surface area contributed by atoms with Crippen molar-refractivity contribution in [1.29, 1.82) is 0 Å². The van der Waals surface area contributed by atoms with E-state index >= 15 is 0 Å². The van der Waals surface area contributed by atoms with Gasteiger partial charge in [-0.1, -0.05) is 54.1 Å². The first kappa shape index (κ1) is 28.9. The standard InChI is InChI=1S/C28H32ClN5O6/c1-27(2,40-26(30)38)24(36)31-20(16-39-21-12-8-7-11-19(21)29)23(35)34-14-13-22-28(17-34,25(37)33(3)32-22)15-18-9-5-4-6-10-18/h4-12,20H,13-17H2,1-3H3,(H2,30,38)(H,31,36)/t20-,28-/m1/s1. The lowest BCUT2D eigenvalue weighted by atomic mass is 9.73. The molecule has 3 N–H and O–H groups in total. The van der Waals surface area contributed by atoms with Gasteiger partial charge in [0.1, 0.15) is 23.8 Å². The second-order valence-electron chi connectivity index (χ2n) is 10.3. The van der Waals surface area contributed by atoms with Gasteiger partial charge >= 0.3 is 6.09 Å². The van der Waals surface area contributed by atoms with Crippen LogP contribution in [0.15, 0.2) is 59.7 Å². The van der Waals surface area contributed by atoms with Gasteiger partial charge in [0.05, 0.1) is 10.7 Å². The van der Waals surface area contributed by atoms with Crippen LogP contribution in [0, 0.1) is 5.41 Å². The molecule has 0 aromatic heterocycles. The van der Waals surface area contributed by atoms with Crippen LogP contribution in [0.1, 0.15) is 25.8 Å². The van der Waals surface area contributed by atoms with E-state index in [9.17, 15) is 19.2 Å². The van der Waals surface area contributed by atoms with E-state index in [1.54, 1.807) is 36.2 Å². The Morgan fingerprint density at radius 2 is 1.82 bits per heavy atom. The molecule has 0 bridgehead atoms. The molecule has 2 aromatic carbocycles. The Balaban J connectivity index is 1.60. The van der Waals surface area contributed by atoms with Crippen LogP contribution in [-0.4, -0.2) is 77.8 Å². The first-order chi connectivity index (χ1) is 18.9. The topological polar surface area (TPSA) is 144 Å². The molecule has 2 heterocycles. The van der Waals surface area contributed by atoms with Crippen molar-refractivity contribution in [3.8, 4) is 5.75 Å². The molecule has 12 heteroatoms. The first-order valence-corrected chi connectivity index (χ1v) is 13.2. The molecule has 2 aromatic rings. The number of hydrogen-bond acceptors (Lipinski definition) is 7. The van der Waals surface area contributed by atoms with Gasteiger partial charge in [0, 0.05) is 26.6 Å². The minimum absolute atomic E-state index is 0.0718. The number of nitrogens with two attached hydrogens (primary N) is 1. The van der Waals surface area contributed by atoms with E-state index in [-0.39, 0.29) is 25.6 Å². The molecule has 0 aliphatic carbocycles. The van der Waals surface area contributed by atoms with Crippen molar-refractivity contribution in [3.05, 3.63) is 65.2 Å². The van der Waals surface area contributed by atoms with Crippen LogP contribution < -0.4 is 15.8 Å². The summed E-state index contributed by atoms with van der Waals surface area (Å²) in [6.07, 6.45) is -0.381. The Kier molecular flexibility index (Phi) is 8.34. The van der Waals surface area contributed by atoms with Crippen LogP contribution in [0.25, 0.3) is 0 Å². The van der Waals surface area contributed by atoms with Crippen molar-refractivity contribution in [2.45, 2.75) is 38.3 Å². The number of likely N-dealkylation sites (tertiary alicyclic amines) is 1. The molecule has 0 radical (unpaired) electrons. The Morgan fingerprint density at radius 1 is 1.15 bits per heavy atom. The summed E-state index contributed by atoms with van der Waals surface area (Å²) in [4.78, 5) is 53.4. The lowest BCUT2D eigenvalue weighted by Gasteiger charge is -2.40. The molecule has 0 spiro atoms. The lowest BCUT2D eigenvalue weighted by Crippen LogP contribution is -2.61. The highest BCUT2D eigenvalue weighted by atomic mass is 35.5. The van der Waals surface area contributed by atoms with E-state index < -0.39 is 35.0 Å². The number of nitrogens with zero attached hydrogens (tertiary/aromatic N) is 3. The predicted octanol–water partition coefficient (Wildman–Crippen LogP) is 2.37. The quantitative estimate of drug-likeness (QED) is 0.474. The predicted molar refractivity (Wildman–Crippen MR) is 148 cm³/mol. The van der Waals surface area contributed by atoms with Gasteiger partial charge in [-0.2, -0.15) is 5.10 Å². The number of piperidine rings is 1. The third-order valence-corrected chi connectivity index (χ3v) is 7.33. The number of halogens is 1. The summed E-state index contributed by atoms with van der Waals surface area (Å²) < 4.78 is 10.8. The summed E-state index contributed by atoms with van der Waals surface area (Å²) in [7, 11) is 1.61.